The van der Waals surface area contributed by atoms with Gasteiger partial charge in [-0.15, -0.1) is 0 Å². The van der Waals surface area contributed by atoms with Crippen LogP contribution in [0, 0.1) is 0 Å². The molecule has 0 aromatic carbocycles. The first-order valence-electron chi connectivity index (χ1n) is 5.50. The lowest BCUT2D eigenvalue weighted by molar-refractivity contribution is -0.121. The van der Waals surface area contributed by atoms with E-state index in [0.717, 1.165) is 24.2 Å². The van der Waals surface area contributed by atoms with Crippen molar-refractivity contribution >= 4 is 5.91 Å². The number of carbonyl (C=O) groups is 1. The molecule has 0 aliphatic rings. The van der Waals surface area contributed by atoms with Gasteiger partial charge in [0.1, 0.15) is 6.04 Å². The van der Waals surface area contributed by atoms with Gasteiger partial charge in [0.05, 0.1) is 5.69 Å². The molecule has 4 heteroatoms. The van der Waals surface area contributed by atoms with Crippen molar-refractivity contribution < 1.29 is 4.79 Å². The van der Waals surface area contributed by atoms with Gasteiger partial charge >= 0.3 is 0 Å². The fourth-order valence-electron chi connectivity index (χ4n) is 1.69. The van der Waals surface area contributed by atoms with Gasteiger partial charge in [-0.05, 0) is 25.3 Å². The van der Waals surface area contributed by atoms with Gasteiger partial charge in [-0.1, -0.05) is 20.8 Å². The minimum atomic E-state index is -0.307. The van der Waals surface area contributed by atoms with E-state index in [2.05, 4.69) is 18.9 Å². The number of primary amides is 1. The highest BCUT2D eigenvalue weighted by molar-refractivity contribution is 5.78. The quantitative estimate of drug-likeness (QED) is 0.797. The monoisotopic (exact) mass is 209 g/mol. The van der Waals surface area contributed by atoms with Crippen molar-refractivity contribution in [3.8, 4) is 0 Å². The number of nitrogens with zero attached hydrogens (tertiary/aromatic N) is 2. The van der Waals surface area contributed by atoms with Crippen molar-refractivity contribution in [2.24, 2.45) is 5.73 Å². The highest BCUT2D eigenvalue weighted by Gasteiger charge is 2.19. The fraction of sp³-hybridized carbons (Fsp3) is 0.636. The van der Waals surface area contributed by atoms with Crippen molar-refractivity contribution in [1.29, 1.82) is 0 Å². The van der Waals surface area contributed by atoms with Gasteiger partial charge in [-0.2, -0.15) is 5.10 Å². The predicted octanol–water partition coefficient (Wildman–Crippen LogP) is 1.44. The van der Waals surface area contributed by atoms with Crippen LogP contribution in [0.3, 0.4) is 0 Å². The molecule has 4 nitrogen and oxygen atoms in total. The average molecular weight is 209 g/mol. The Morgan fingerprint density at radius 1 is 1.47 bits per heavy atom. The highest BCUT2D eigenvalue weighted by Crippen LogP contribution is 2.15. The summed E-state index contributed by atoms with van der Waals surface area (Å²) in [6.45, 7) is 6.06. The largest absolute Gasteiger partial charge is 0.368 e. The Bertz CT molecular complexity index is 344. The Labute approximate surface area is 90.5 Å². The third-order valence-electron chi connectivity index (χ3n) is 2.60. The van der Waals surface area contributed by atoms with E-state index in [9.17, 15) is 4.79 Å². The summed E-state index contributed by atoms with van der Waals surface area (Å²) in [6, 6.07) is 1.74. The lowest BCUT2D eigenvalue weighted by atomic mass is 10.2. The number of aryl methyl sites for hydroxylation is 2. The second-order valence-electron chi connectivity index (χ2n) is 3.61. The van der Waals surface area contributed by atoms with Crippen LogP contribution in [-0.2, 0) is 17.6 Å². The second-order valence-corrected chi connectivity index (χ2v) is 3.61. The van der Waals surface area contributed by atoms with Gasteiger partial charge in [0.2, 0.25) is 5.91 Å². The molecule has 0 aliphatic heterocycles. The van der Waals surface area contributed by atoms with Crippen LogP contribution in [0.1, 0.15) is 44.6 Å². The molecule has 0 spiro atoms. The number of aromatic nitrogens is 2. The number of carbonyl (C=O) groups excluding carboxylic acids is 1. The Morgan fingerprint density at radius 2 is 2.13 bits per heavy atom. The summed E-state index contributed by atoms with van der Waals surface area (Å²) in [4.78, 5) is 11.3. The van der Waals surface area contributed by atoms with Gasteiger partial charge in [-0.25, -0.2) is 0 Å². The zero-order valence-electron chi connectivity index (χ0n) is 9.66. The molecule has 84 valence electrons. The van der Waals surface area contributed by atoms with E-state index in [1.54, 1.807) is 4.68 Å². The van der Waals surface area contributed by atoms with Crippen LogP contribution in [0.2, 0.25) is 0 Å². The molecule has 1 unspecified atom stereocenters. The van der Waals surface area contributed by atoms with E-state index >= 15 is 0 Å². The van der Waals surface area contributed by atoms with E-state index in [4.69, 9.17) is 5.73 Å². The molecule has 1 aromatic rings. The van der Waals surface area contributed by atoms with Crippen LogP contribution in [0.5, 0.6) is 0 Å². The van der Waals surface area contributed by atoms with Gasteiger partial charge < -0.3 is 5.73 Å². The van der Waals surface area contributed by atoms with Gasteiger partial charge in [0.25, 0.3) is 0 Å². The Balaban J connectivity index is 3.09. The SMILES string of the molecule is CCc1cc(CC)n(C(CC)C(N)=O)n1. The summed E-state index contributed by atoms with van der Waals surface area (Å²) in [5.41, 5.74) is 7.45. The van der Waals surface area contributed by atoms with E-state index in [1.807, 2.05) is 13.0 Å². The molecule has 0 aliphatic carbocycles. The molecule has 1 aromatic heterocycles. The molecular formula is C11H19N3O. The fourth-order valence-corrected chi connectivity index (χ4v) is 1.69. The number of hydrogen-bond donors (Lipinski definition) is 1. The van der Waals surface area contributed by atoms with Gasteiger partial charge in [0, 0.05) is 5.69 Å². The molecule has 1 heterocycles. The highest BCUT2D eigenvalue weighted by atomic mass is 16.1. The summed E-state index contributed by atoms with van der Waals surface area (Å²) >= 11 is 0. The predicted molar refractivity (Wildman–Crippen MR) is 59.5 cm³/mol. The number of hydrogen-bond acceptors (Lipinski definition) is 2. The Morgan fingerprint density at radius 3 is 2.53 bits per heavy atom. The summed E-state index contributed by atoms with van der Waals surface area (Å²) in [6.07, 6.45) is 2.44. The molecule has 0 saturated heterocycles. The normalized spacial score (nSPS) is 12.7. The molecule has 1 atom stereocenters. The lowest BCUT2D eigenvalue weighted by Gasteiger charge is -2.14. The summed E-state index contributed by atoms with van der Waals surface area (Å²) in [7, 11) is 0. The molecule has 1 rings (SSSR count). The molecule has 0 fully saturated rings. The first-order chi connectivity index (χ1) is 7.13. The molecule has 2 N–H and O–H groups in total. The molecule has 1 amide bonds. The molecule has 0 radical (unpaired) electrons. The molecule has 15 heavy (non-hydrogen) atoms. The van der Waals surface area contributed by atoms with Crippen molar-refractivity contribution in [1.82, 2.24) is 9.78 Å². The Hall–Kier alpha value is -1.32. The standard InChI is InChI=1S/C11H19N3O/c1-4-8-7-9(5-2)14(13-8)10(6-3)11(12)15/h7,10H,4-6H2,1-3H3,(H2,12,15). The first kappa shape index (κ1) is 11.8. The van der Waals surface area contributed by atoms with Crippen LogP contribution in [0.4, 0.5) is 0 Å². The third-order valence-corrected chi connectivity index (χ3v) is 2.60. The maximum Gasteiger partial charge on any atom is 0.242 e. The van der Waals surface area contributed by atoms with Crippen LogP contribution in [0.25, 0.3) is 0 Å². The molecular weight excluding hydrogens is 190 g/mol. The molecule has 0 saturated carbocycles. The van der Waals surface area contributed by atoms with Crippen LogP contribution >= 0.6 is 0 Å². The second kappa shape index (κ2) is 4.96. The maximum absolute atomic E-state index is 11.3. The van der Waals surface area contributed by atoms with Gasteiger partial charge in [0.15, 0.2) is 0 Å². The molecule has 0 bridgehead atoms. The van der Waals surface area contributed by atoms with E-state index in [-0.39, 0.29) is 11.9 Å². The van der Waals surface area contributed by atoms with Crippen molar-refractivity contribution in [3.63, 3.8) is 0 Å². The summed E-state index contributed by atoms with van der Waals surface area (Å²) < 4.78 is 1.78. The number of rotatable bonds is 5. The summed E-state index contributed by atoms with van der Waals surface area (Å²) in [5, 5.41) is 4.41. The average Bonchev–Trinajstić information content (AvgIpc) is 2.61. The van der Waals surface area contributed by atoms with Crippen LogP contribution in [0.15, 0.2) is 6.07 Å². The Kier molecular flexibility index (Phi) is 3.88. The zero-order chi connectivity index (χ0) is 11.4. The van der Waals surface area contributed by atoms with Gasteiger partial charge in [-0.3, -0.25) is 9.48 Å². The van der Waals surface area contributed by atoms with Crippen molar-refractivity contribution in [2.75, 3.05) is 0 Å². The van der Waals surface area contributed by atoms with Crippen LogP contribution < -0.4 is 5.73 Å². The van der Waals surface area contributed by atoms with Crippen molar-refractivity contribution in [2.45, 2.75) is 46.1 Å². The maximum atomic E-state index is 11.3. The first-order valence-corrected chi connectivity index (χ1v) is 5.50. The zero-order valence-corrected chi connectivity index (χ0v) is 9.66. The van der Waals surface area contributed by atoms with E-state index in [1.165, 1.54) is 0 Å². The number of amides is 1. The van der Waals surface area contributed by atoms with Crippen molar-refractivity contribution in [3.05, 3.63) is 17.5 Å². The van der Waals surface area contributed by atoms with E-state index in [0.29, 0.717) is 6.42 Å². The minimum Gasteiger partial charge on any atom is -0.368 e. The van der Waals surface area contributed by atoms with E-state index < -0.39 is 0 Å². The lowest BCUT2D eigenvalue weighted by Crippen LogP contribution is -2.28. The summed E-state index contributed by atoms with van der Waals surface area (Å²) in [5.74, 6) is -0.307. The third kappa shape index (κ3) is 2.37. The smallest absolute Gasteiger partial charge is 0.242 e. The van der Waals surface area contributed by atoms with Crippen LogP contribution in [-0.4, -0.2) is 15.7 Å². The topological polar surface area (TPSA) is 60.9 Å². The minimum absolute atomic E-state index is 0.305. The number of nitrogens with two attached hydrogens (primary N) is 1.